The molecule has 5 heteroatoms. The lowest BCUT2D eigenvalue weighted by atomic mass is 10.1. The minimum absolute atomic E-state index is 0.0919. The molecule has 0 aromatic heterocycles. The number of carbonyl (C=O) groups is 2. The van der Waals surface area contributed by atoms with Crippen LogP contribution in [0.15, 0.2) is 54.6 Å². The summed E-state index contributed by atoms with van der Waals surface area (Å²) < 4.78 is 5.35. The summed E-state index contributed by atoms with van der Waals surface area (Å²) in [5.41, 5.74) is 2.21. The summed E-state index contributed by atoms with van der Waals surface area (Å²) in [5, 5.41) is -0.501. The van der Waals surface area contributed by atoms with Gasteiger partial charge in [0, 0.05) is 6.54 Å². The Balaban J connectivity index is 1.52. The third-order valence-electron chi connectivity index (χ3n) is 4.36. The van der Waals surface area contributed by atoms with Crippen LogP contribution in [0.2, 0.25) is 0 Å². The Morgan fingerprint density at radius 3 is 2.48 bits per heavy atom. The highest BCUT2D eigenvalue weighted by atomic mass is 32.2. The van der Waals surface area contributed by atoms with Crippen molar-refractivity contribution in [3.05, 3.63) is 65.7 Å². The number of hydrogen-bond acceptors (Lipinski definition) is 4. The first-order chi connectivity index (χ1) is 13.2. The highest BCUT2D eigenvalue weighted by molar-refractivity contribution is 8.15. The highest BCUT2D eigenvalue weighted by Crippen LogP contribution is 2.30. The van der Waals surface area contributed by atoms with Crippen LogP contribution in [-0.4, -0.2) is 34.4 Å². The average Bonchev–Trinajstić information content (AvgIpc) is 2.95. The zero-order chi connectivity index (χ0) is 19.1. The Labute approximate surface area is 163 Å². The summed E-state index contributed by atoms with van der Waals surface area (Å²) in [5.74, 6) is 3.02. The molecule has 0 bridgehead atoms. The number of benzene rings is 2. The van der Waals surface area contributed by atoms with Crippen molar-refractivity contribution in [3.63, 3.8) is 0 Å². The predicted octanol–water partition coefficient (Wildman–Crippen LogP) is 3.94. The van der Waals surface area contributed by atoms with E-state index in [2.05, 4.69) is 18.1 Å². The van der Waals surface area contributed by atoms with Crippen LogP contribution in [0.1, 0.15) is 17.5 Å². The molecule has 2 amide bonds. The zero-order valence-electron chi connectivity index (χ0n) is 15.0. The molecule has 3 rings (SSSR count). The van der Waals surface area contributed by atoms with Crippen molar-refractivity contribution < 1.29 is 14.3 Å². The molecule has 1 saturated heterocycles. The van der Waals surface area contributed by atoms with E-state index in [0.717, 1.165) is 30.2 Å². The monoisotopic (exact) mass is 379 g/mol. The molecule has 0 unspecified atom stereocenters. The van der Waals surface area contributed by atoms with Crippen molar-refractivity contribution in [1.29, 1.82) is 0 Å². The van der Waals surface area contributed by atoms with Crippen molar-refractivity contribution in [2.45, 2.75) is 24.5 Å². The molecular formula is C22H21NO3S. The van der Waals surface area contributed by atoms with Gasteiger partial charge in [0.1, 0.15) is 12.4 Å². The van der Waals surface area contributed by atoms with Gasteiger partial charge in [-0.3, -0.25) is 14.5 Å². The van der Waals surface area contributed by atoms with E-state index in [-0.39, 0.29) is 23.0 Å². The van der Waals surface area contributed by atoms with Gasteiger partial charge >= 0.3 is 0 Å². The molecule has 1 fully saturated rings. The molecule has 4 nitrogen and oxygen atoms in total. The smallest absolute Gasteiger partial charge is 0.289 e. The number of nitrogens with zero attached hydrogens (tertiary/aromatic N) is 1. The van der Waals surface area contributed by atoms with Crippen LogP contribution in [0.5, 0.6) is 5.75 Å². The van der Waals surface area contributed by atoms with Gasteiger partial charge in [-0.2, -0.15) is 0 Å². The number of amides is 2. The first kappa shape index (κ1) is 19.1. The quantitative estimate of drug-likeness (QED) is 0.652. The summed E-state index contributed by atoms with van der Waals surface area (Å²) in [6.07, 6.45) is 7.33. The number of thioether (sulfide) groups is 1. The second-order valence-corrected chi connectivity index (χ2v) is 7.45. The van der Waals surface area contributed by atoms with E-state index in [4.69, 9.17) is 11.2 Å². The molecule has 0 saturated carbocycles. The Morgan fingerprint density at radius 2 is 1.78 bits per heavy atom. The lowest BCUT2D eigenvalue weighted by Crippen LogP contribution is -2.33. The number of hydrogen-bond donors (Lipinski definition) is 0. The number of carbonyl (C=O) groups excluding carboxylic acids is 2. The maximum Gasteiger partial charge on any atom is 0.289 e. The van der Waals surface area contributed by atoms with Crippen molar-refractivity contribution in [3.8, 4) is 18.1 Å². The normalized spacial score (nSPS) is 16.4. The van der Waals surface area contributed by atoms with Crippen molar-refractivity contribution in [2.75, 3.05) is 13.2 Å². The molecule has 138 valence electrons. The minimum Gasteiger partial charge on any atom is -0.481 e. The third kappa shape index (κ3) is 5.15. The van der Waals surface area contributed by atoms with Gasteiger partial charge in [-0.1, -0.05) is 60.1 Å². The Bertz CT molecular complexity index is 827. The van der Waals surface area contributed by atoms with Gasteiger partial charge in [-0.15, -0.1) is 6.42 Å². The summed E-state index contributed by atoms with van der Waals surface area (Å²) >= 11 is 1.12. The van der Waals surface area contributed by atoms with Crippen molar-refractivity contribution >= 4 is 22.9 Å². The maximum atomic E-state index is 12.6. The topological polar surface area (TPSA) is 46.6 Å². The van der Waals surface area contributed by atoms with Gasteiger partial charge in [-0.25, -0.2) is 0 Å². The maximum absolute atomic E-state index is 12.6. The summed E-state index contributed by atoms with van der Waals surface area (Å²) in [7, 11) is 0. The summed E-state index contributed by atoms with van der Waals surface area (Å²) in [4.78, 5) is 26.2. The van der Waals surface area contributed by atoms with Gasteiger partial charge in [0.15, 0.2) is 0 Å². The van der Waals surface area contributed by atoms with Crippen molar-refractivity contribution in [2.24, 2.45) is 0 Å². The molecular weight excluding hydrogens is 358 g/mol. The lowest BCUT2D eigenvalue weighted by Gasteiger charge is -2.14. The van der Waals surface area contributed by atoms with E-state index in [1.165, 1.54) is 10.5 Å². The summed E-state index contributed by atoms with van der Waals surface area (Å²) in [6.45, 7) is 0.692. The lowest BCUT2D eigenvalue weighted by molar-refractivity contribution is -0.126. The zero-order valence-corrected chi connectivity index (χ0v) is 15.8. The average molecular weight is 379 g/mol. The fourth-order valence-electron chi connectivity index (χ4n) is 2.98. The Morgan fingerprint density at radius 1 is 1.04 bits per heavy atom. The van der Waals surface area contributed by atoms with E-state index in [1.807, 2.05) is 42.5 Å². The van der Waals surface area contributed by atoms with Gasteiger partial charge in [0.05, 0.1) is 5.25 Å². The van der Waals surface area contributed by atoms with Crippen LogP contribution in [-0.2, 0) is 17.6 Å². The first-order valence-electron chi connectivity index (χ1n) is 8.88. The van der Waals surface area contributed by atoms with E-state index in [0.29, 0.717) is 18.7 Å². The molecule has 1 aliphatic heterocycles. The fraction of sp³-hybridized carbons (Fsp3) is 0.273. The molecule has 2 aromatic rings. The fourth-order valence-corrected chi connectivity index (χ4v) is 4.03. The van der Waals surface area contributed by atoms with Crippen LogP contribution in [0, 0.1) is 12.3 Å². The summed E-state index contributed by atoms with van der Waals surface area (Å²) in [6, 6.07) is 17.6. The van der Waals surface area contributed by atoms with Crippen LogP contribution < -0.4 is 4.74 Å². The first-order valence-corrected chi connectivity index (χ1v) is 9.76. The van der Waals surface area contributed by atoms with E-state index < -0.39 is 0 Å². The SMILES string of the molecule is C#CCOc1ccc(C[C@@H]2SC(=O)N(CCCc3ccccc3)C2=O)cc1. The predicted molar refractivity (Wildman–Crippen MR) is 108 cm³/mol. The van der Waals surface area contributed by atoms with E-state index in [9.17, 15) is 9.59 Å². The van der Waals surface area contributed by atoms with E-state index in [1.54, 1.807) is 0 Å². The molecule has 0 N–H and O–H groups in total. The second-order valence-electron chi connectivity index (χ2n) is 6.29. The third-order valence-corrected chi connectivity index (χ3v) is 5.44. The Kier molecular flexibility index (Phi) is 6.56. The number of terminal acetylenes is 1. The molecule has 0 spiro atoms. The van der Waals surface area contributed by atoms with Crippen molar-refractivity contribution in [1.82, 2.24) is 4.90 Å². The number of aryl methyl sites for hydroxylation is 1. The van der Waals surface area contributed by atoms with Gasteiger partial charge in [0.25, 0.3) is 5.24 Å². The molecule has 0 aliphatic carbocycles. The van der Waals surface area contributed by atoms with Crippen LogP contribution in [0.3, 0.4) is 0 Å². The standard InChI is InChI=1S/C22H21NO3S/c1-2-15-26-19-12-10-18(11-13-19)16-20-21(24)23(22(25)27-20)14-6-9-17-7-4-3-5-8-17/h1,3-5,7-8,10-13,20H,6,9,14-16H2/t20-/m0/s1. The number of ether oxygens (including phenoxy) is 1. The van der Waals surface area contributed by atoms with Crippen LogP contribution in [0.25, 0.3) is 0 Å². The molecule has 1 aliphatic rings. The molecule has 2 aromatic carbocycles. The Hall–Kier alpha value is -2.71. The molecule has 1 heterocycles. The molecule has 27 heavy (non-hydrogen) atoms. The van der Waals surface area contributed by atoms with Crippen LogP contribution in [0.4, 0.5) is 4.79 Å². The minimum atomic E-state index is -0.355. The van der Waals surface area contributed by atoms with Gasteiger partial charge < -0.3 is 4.74 Å². The highest BCUT2D eigenvalue weighted by Gasteiger charge is 2.38. The molecule has 0 radical (unpaired) electrons. The second kappa shape index (κ2) is 9.29. The van der Waals surface area contributed by atoms with Crippen LogP contribution >= 0.6 is 11.8 Å². The molecule has 1 atom stereocenters. The van der Waals surface area contributed by atoms with Gasteiger partial charge in [-0.05, 0) is 42.5 Å². The van der Waals surface area contributed by atoms with Gasteiger partial charge in [0.2, 0.25) is 5.91 Å². The number of rotatable bonds is 8. The largest absolute Gasteiger partial charge is 0.481 e. The number of imide groups is 1. The van der Waals surface area contributed by atoms with E-state index >= 15 is 0 Å².